The van der Waals surface area contributed by atoms with Crippen molar-refractivity contribution in [1.29, 1.82) is 0 Å². The van der Waals surface area contributed by atoms with Gasteiger partial charge in [-0.25, -0.2) is 0 Å². The van der Waals surface area contributed by atoms with Crippen LogP contribution in [0.1, 0.15) is 24.4 Å². The van der Waals surface area contributed by atoms with Crippen molar-refractivity contribution in [3.8, 4) is 0 Å². The van der Waals surface area contributed by atoms with Gasteiger partial charge in [0.25, 0.3) is 0 Å². The van der Waals surface area contributed by atoms with Crippen molar-refractivity contribution in [2.24, 2.45) is 5.73 Å². The maximum Gasteiger partial charge on any atom is 0.0329 e. The fraction of sp³-hybridized carbons (Fsp3) is 0.455. The molecule has 0 aromatic heterocycles. The van der Waals surface area contributed by atoms with Crippen LogP contribution in [0.3, 0.4) is 0 Å². The molecule has 0 heterocycles. The van der Waals surface area contributed by atoms with Gasteiger partial charge < -0.3 is 11.1 Å². The Morgan fingerprint density at radius 3 is 2.71 bits per heavy atom. The zero-order valence-electron chi connectivity index (χ0n) is 8.46. The lowest BCUT2D eigenvalue weighted by atomic mass is 10.0. The van der Waals surface area contributed by atoms with Crippen molar-refractivity contribution in [2.45, 2.75) is 18.9 Å². The van der Waals surface area contributed by atoms with Crippen molar-refractivity contribution in [3.05, 3.63) is 34.3 Å². The van der Waals surface area contributed by atoms with Gasteiger partial charge in [-0.1, -0.05) is 34.1 Å². The number of hydrogen-bond donors (Lipinski definition) is 2. The van der Waals surface area contributed by atoms with Crippen LogP contribution in [0.15, 0.2) is 28.7 Å². The van der Waals surface area contributed by atoms with Crippen LogP contribution in [-0.4, -0.2) is 13.6 Å². The van der Waals surface area contributed by atoms with E-state index in [-0.39, 0.29) is 0 Å². The monoisotopic (exact) mass is 256 g/mol. The molecule has 0 bridgehead atoms. The second-order valence-corrected chi connectivity index (χ2v) is 4.15. The molecule has 0 aliphatic heterocycles. The standard InChI is InChI=1S/C11H17BrN2/c1-14-11(7-4-8-13)9-5-2-3-6-10(9)12/h2-3,5-6,11,14H,4,7-8,13H2,1H3. The highest BCUT2D eigenvalue weighted by atomic mass is 79.9. The number of rotatable bonds is 5. The zero-order chi connectivity index (χ0) is 10.4. The van der Waals surface area contributed by atoms with Gasteiger partial charge in [0.2, 0.25) is 0 Å². The van der Waals surface area contributed by atoms with Crippen LogP contribution in [0.25, 0.3) is 0 Å². The zero-order valence-corrected chi connectivity index (χ0v) is 10.0. The summed E-state index contributed by atoms with van der Waals surface area (Å²) in [6.45, 7) is 0.753. The van der Waals surface area contributed by atoms with Gasteiger partial charge >= 0.3 is 0 Å². The lowest BCUT2D eigenvalue weighted by Crippen LogP contribution is -2.18. The highest BCUT2D eigenvalue weighted by molar-refractivity contribution is 9.10. The summed E-state index contributed by atoms with van der Waals surface area (Å²) in [7, 11) is 1.99. The molecule has 0 saturated heterocycles. The molecule has 0 radical (unpaired) electrons. The highest BCUT2D eigenvalue weighted by Gasteiger charge is 2.10. The third-order valence-electron chi connectivity index (χ3n) is 2.33. The Kier molecular flexibility index (Phi) is 5.15. The maximum absolute atomic E-state index is 5.51. The van der Waals surface area contributed by atoms with E-state index in [0.717, 1.165) is 23.9 Å². The summed E-state index contributed by atoms with van der Waals surface area (Å²) in [5.74, 6) is 0. The Hall–Kier alpha value is -0.380. The number of hydrogen-bond acceptors (Lipinski definition) is 2. The van der Waals surface area contributed by atoms with Gasteiger partial charge in [0.15, 0.2) is 0 Å². The van der Waals surface area contributed by atoms with Crippen LogP contribution < -0.4 is 11.1 Å². The van der Waals surface area contributed by atoms with E-state index in [1.165, 1.54) is 5.56 Å². The molecule has 3 heteroatoms. The molecule has 0 fully saturated rings. The molecule has 0 saturated carbocycles. The van der Waals surface area contributed by atoms with E-state index < -0.39 is 0 Å². The summed E-state index contributed by atoms with van der Waals surface area (Å²) in [4.78, 5) is 0. The number of halogens is 1. The molecule has 0 amide bonds. The Labute approximate surface area is 94.0 Å². The van der Waals surface area contributed by atoms with Gasteiger partial charge in [0.1, 0.15) is 0 Å². The number of nitrogens with one attached hydrogen (secondary N) is 1. The number of nitrogens with two attached hydrogens (primary N) is 1. The summed E-state index contributed by atoms with van der Waals surface area (Å²) >= 11 is 3.56. The number of benzene rings is 1. The van der Waals surface area contributed by atoms with Gasteiger partial charge in [-0.3, -0.25) is 0 Å². The first-order valence-electron chi connectivity index (χ1n) is 4.91. The molecule has 0 aliphatic rings. The predicted molar refractivity (Wildman–Crippen MR) is 64.2 cm³/mol. The minimum Gasteiger partial charge on any atom is -0.330 e. The van der Waals surface area contributed by atoms with Crippen LogP contribution in [0, 0.1) is 0 Å². The lowest BCUT2D eigenvalue weighted by Gasteiger charge is -2.17. The fourth-order valence-electron chi connectivity index (χ4n) is 1.54. The summed E-state index contributed by atoms with van der Waals surface area (Å²) in [6, 6.07) is 8.70. The third-order valence-corrected chi connectivity index (χ3v) is 3.05. The molecule has 1 aromatic rings. The molecule has 1 unspecified atom stereocenters. The lowest BCUT2D eigenvalue weighted by molar-refractivity contribution is 0.529. The second kappa shape index (κ2) is 6.17. The molecule has 1 aromatic carbocycles. The van der Waals surface area contributed by atoms with E-state index in [4.69, 9.17) is 5.73 Å². The van der Waals surface area contributed by atoms with E-state index in [9.17, 15) is 0 Å². The van der Waals surface area contributed by atoms with Crippen LogP contribution in [-0.2, 0) is 0 Å². The highest BCUT2D eigenvalue weighted by Crippen LogP contribution is 2.25. The Bertz CT molecular complexity index is 276. The Balaban J connectivity index is 2.73. The molecular formula is C11H17BrN2. The van der Waals surface area contributed by atoms with Gasteiger partial charge in [0.05, 0.1) is 0 Å². The first-order chi connectivity index (χ1) is 6.79. The van der Waals surface area contributed by atoms with Crippen molar-refractivity contribution in [3.63, 3.8) is 0 Å². The normalized spacial score (nSPS) is 12.8. The van der Waals surface area contributed by atoms with Crippen molar-refractivity contribution in [2.75, 3.05) is 13.6 Å². The van der Waals surface area contributed by atoms with Crippen molar-refractivity contribution in [1.82, 2.24) is 5.32 Å². The average Bonchev–Trinajstić information content (AvgIpc) is 2.21. The van der Waals surface area contributed by atoms with Crippen molar-refractivity contribution < 1.29 is 0 Å². The molecule has 3 N–H and O–H groups in total. The minimum atomic E-state index is 0.397. The van der Waals surface area contributed by atoms with E-state index in [1.807, 2.05) is 13.1 Å². The molecular weight excluding hydrogens is 240 g/mol. The fourth-order valence-corrected chi connectivity index (χ4v) is 2.10. The van der Waals surface area contributed by atoms with Crippen LogP contribution >= 0.6 is 15.9 Å². The van der Waals surface area contributed by atoms with Crippen LogP contribution in [0.5, 0.6) is 0 Å². The van der Waals surface area contributed by atoms with E-state index in [2.05, 4.69) is 39.4 Å². The molecule has 0 spiro atoms. The summed E-state index contributed by atoms with van der Waals surface area (Å²) < 4.78 is 1.16. The largest absolute Gasteiger partial charge is 0.330 e. The minimum absolute atomic E-state index is 0.397. The van der Waals surface area contributed by atoms with Gasteiger partial charge in [-0.15, -0.1) is 0 Å². The van der Waals surface area contributed by atoms with Crippen molar-refractivity contribution >= 4 is 15.9 Å². The molecule has 1 rings (SSSR count). The maximum atomic E-state index is 5.51. The molecule has 2 nitrogen and oxygen atoms in total. The third kappa shape index (κ3) is 3.08. The van der Waals surface area contributed by atoms with E-state index in [1.54, 1.807) is 0 Å². The van der Waals surface area contributed by atoms with Gasteiger partial charge in [0, 0.05) is 10.5 Å². The van der Waals surface area contributed by atoms with Gasteiger partial charge in [-0.05, 0) is 38.1 Å². The summed E-state index contributed by atoms with van der Waals surface area (Å²) in [5, 5.41) is 3.31. The Morgan fingerprint density at radius 1 is 1.43 bits per heavy atom. The molecule has 14 heavy (non-hydrogen) atoms. The van der Waals surface area contributed by atoms with Gasteiger partial charge in [-0.2, -0.15) is 0 Å². The van der Waals surface area contributed by atoms with E-state index in [0.29, 0.717) is 6.04 Å². The summed E-state index contributed by atoms with van der Waals surface area (Å²) in [6.07, 6.45) is 2.13. The molecule has 1 atom stereocenters. The Morgan fingerprint density at radius 2 is 2.14 bits per heavy atom. The smallest absolute Gasteiger partial charge is 0.0329 e. The molecule has 0 aliphatic carbocycles. The van der Waals surface area contributed by atoms with E-state index >= 15 is 0 Å². The topological polar surface area (TPSA) is 38.0 Å². The molecule has 78 valence electrons. The first kappa shape index (κ1) is 11.7. The van der Waals surface area contributed by atoms with Crippen LogP contribution in [0.4, 0.5) is 0 Å². The second-order valence-electron chi connectivity index (χ2n) is 3.29. The quantitative estimate of drug-likeness (QED) is 0.850. The van der Waals surface area contributed by atoms with Crippen LogP contribution in [0.2, 0.25) is 0 Å². The predicted octanol–water partition coefficient (Wildman–Crippen LogP) is 2.45. The SMILES string of the molecule is CNC(CCCN)c1ccccc1Br. The summed E-state index contributed by atoms with van der Waals surface area (Å²) in [5.41, 5.74) is 6.82. The average molecular weight is 257 g/mol. The first-order valence-corrected chi connectivity index (χ1v) is 5.70.